The van der Waals surface area contributed by atoms with Crippen molar-refractivity contribution in [2.45, 2.75) is 25.1 Å². The molecule has 27 heavy (non-hydrogen) atoms. The first kappa shape index (κ1) is 18.0. The Kier molecular flexibility index (Phi) is 4.23. The lowest BCUT2D eigenvalue weighted by Gasteiger charge is -2.15. The van der Waals surface area contributed by atoms with Gasteiger partial charge in [-0.1, -0.05) is 23.7 Å². The Morgan fingerprint density at radius 1 is 1.33 bits per heavy atom. The van der Waals surface area contributed by atoms with E-state index in [1.165, 1.54) is 28.0 Å². The van der Waals surface area contributed by atoms with Crippen LogP contribution in [0.5, 0.6) is 5.88 Å². The van der Waals surface area contributed by atoms with Gasteiger partial charge in [0, 0.05) is 17.5 Å². The van der Waals surface area contributed by atoms with E-state index >= 15 is 0 Å². The molecule has 1 N–H and O–H groups in total. The first-order chi connectivity index (χ1) is 12.8. The van der Waals surface area contributed by atoms with Gasteiger partial charge in [-0.3, -0.25) is 9.36 Å². The first-order valence-corrected chi connectivity index (χ1v) is 9.08. The number of fused-ring (bicyclic) bond motifs is 1. The van der Waals surface area contributed by atoms with Gasteiger partial charge in [-0.25, -0.2) is 4.98 Å². The Morgan fingerprint density at radius 3 is 2.78 bits per heavy atom. The minimum atomic E-state index is -4.56. The second-order valence-corrected chi connectivity index (χ2v) is 7.69. The van der Waals surface area contributed by atoms with Crippen LogP contribution in [-0.2, 0) is 12.6 Å². The molecule has 0 bridgehead atoms. The van der Waals surface area contributed by atoms with Crippen molar-refractivity contribution in [3.8, 4) is 17.0 Å². The van der Waals surface area contributed by atoms with Crippen molar-refractivity contribution >= 4 is 22.9 Å². The maximum Gasteiger partial charge on any atom is 0.416 e. The fraction of sp³-hybridized carbons (Fsp3) is 0.235. The normalized spacial score (nSPS) is 16.5. The third-order valence-electron chi connectivity index (χ3n) is 4.42. The zero-order valence-corrected chi connectivity index (χ0v) is 15.1. The predicted molar refractivity (Wildman–Crippen MR) is 94.2 cm³/mol. The van der Waals surface area contributed by atoms with E-state index in [9.17, 15) is 23.1 Å². The number of nitrogens with zero attached hydrogens (tertiary/aromatic N) is 3. The summed E-state index contributed by atoms with van der Waals surface area (Å²) >= 11 is 7.10. The van der Waals surface area contributed by atoms with E-state index in [1.54, 1.807) is 6.20 Å². The van der Waals surface area contributed by atoms with E-state index in [0.717, 1.165) is 17.0 Å². The Bertz CT molecular complexity index is 1090. The van der Waals surface area contributed by atoms with E-state index in [0.29, 0.717) is 23.1 Å². The number of rotatable bonds is 2. The third-order valence-corrected chi connectivity index (χ3v) is 5.64. The Labute approximate surface area is 159 Å². The fourth-order valence-electron chi connectivity index (χ4n) is 3.25. The molecule has 1 aliphatic heterocycles. The van der Waals surface area contributed by atoms with Crippen molar-refractivity contribution in [1.82, 2.24) is 14.5 Å². The molecule has 0 spiro atoms. The van der Waals surface area contributed by atoms with Crippen molar-refractivity contribution < 1.29 is 18.3 Å². The molecule has 5 nitrogen and oxygen atoms in total. The molecule has 3 aromatic rings. The molecule has 0 fully saturated rings. The summed E-state index contributed by atoms with van der Waals surface area (Å²) in [6.45, 7) is 0. The molecule has 1 atom stereocenters. The van der Waals surface area contributed by atoms with E-state index in [2.05, 4.69) is 9.97 Å². The molecule has 1 aromatic carbocycles. The summed E-state index contributed by atoms with van der Waals surface area (Å²) in [5.41, 5.74) is -1.80. The number of hydrogen-bond donors (Lipinski definition) is 1. The molecular formula is C17H11ClF3N3O2S. The summed E-state index contributed by atoms with van der Waals surface area (Å²) < 4.78 is 40.8. The SMILES string of the molecule is O=c1c(-c2cccc(C(F)(F)F)c2)c(O)nc2n1[C@H](c1cnc(Cl)s1)CC2. The number of halogens is 4. The van der Waals surface area contributed by atoms with Gasteiger partial charge < -0.3 is 5.11 Å². The second kappa shape index (κ2) is 6.35. The molecule has 140 valence electrons. The molecule has 2 aromatic heterocycles. The molecule has 0 unspecified atom stereocenters. The highest BCUT2D eigenvalue weighted by atomic mass is 35.5. The van der Waals surface area contributed by atoms with Crippen molar-refractivity contribution in [2.75, 3.05) is 0 Å². The van der Waals surface area contributed by atoms with Crippen molar-refractivity contribution in [3.05, 3.63) is 61.5 Å². The van der Waals surface area contributed by atoms with Gasteiger partial charge in [-0.15, -0.1) is 11.3 Å². The lowest BCUT2D eigenvalue weighted by Crippen LogP contribution is -2.26. The molecule has 0 saturated heterocycles. The second-order valence-electron chi connectivity index (χ2n) is 6.05. The minimum Gasteiger partial charge on any atom is -0.493 e. The fourth-order valence-corrected chi connectivity index (χ4v) is 4.33. The van der Waals surface area contributed by atoms with Crippen LogP contribution >= 0.6 is 22.9 Å². The van der Waals surface area contributed by atoms with Crippen LogP contribution in [0.1, 0.15) is 28.7 Å². The molecule has 3 heterocycles. The van der Waals surface area contributed by atoms with Gasteiger partial charge in [0.05, 0.1) is 11.6 Å². The quantitative estimate of drug-likeness (QED) is 0.681. The number of aromatic hydroxyl groups is 1. The minimum absolute atomic E-state index is 0.0388. The zero-order chi connectivity index (χ0) is 19.3. The van der Waals surface area contributed by atoms with E-state index in [-0.39, 0.29) is 17.2 Å². The number of benzene rings is 1. The van der Waals surface area contributed by atoms with Crippen LogP contribution in [0.15, 0.2) is 35.3 Å². The monoisotopic (exact) mass is 413 g/mol. The summed E-state index contributed by atoms with van der Waals surface area (Å²) in [5, 5.41) is 10.2. The van der Waals surface area contributed by atoms with Gasteiger partial charge in [-0.05, 0) is 24.1 Å². The van der Waals surface area contributed by atoms with E-state index in [4.69, 9.17) is 11.6 Å². The van der Waals surface area contributed by atoms with Crippen LogP contribution in [-0.4, -0.2) is 19.6 Å². The molecule has 0 aliphatic carbocycles. The maximum absolute atomic E-state index is 13.1. The first-order valence-electron chi connectivity index (χ1n) is 7.89. The Hall–Kier alpha value is -2.39. The number of aromatic nitrogens is 3. The lowest BCUT2D eigenvalue weighted by molar-refractivity contribution is -0.137. The predicted octanol–water partition coefficient (Wildman–Crippen LogP) is 4.28. The zero-order valence-electron chi connectivity index (χ0n) is 13.5. The molecule has 0 saturated carbocycles. The van der Waals surface area contributed by atoms with Gasteiger partial charge in [0.1, 0.15) is 11.4 Å². The number of alkyl halides is 3. The van der Waals surface area contributed by atoms with Crippen molar-refractivity contribution in [2.24, 2.45) is 0 Å². The number of aryl methyl sites for hydroxylation is 1. The van der Waals surface area contributed by atoms with Gasteiger partial charge >= 0.3 is 6.18 Å². The van der Waals surface area contributed by atoms with E-state index < -0.39 is 23.2 Å². The summed E-state index contributed by atoms with van der Waals surface area (Å²) in [6, 6.07) is 3.90. The topological polar surface area (TPSA) is 68.0 Å². The molecule has 0 radical (unpaired) electrons. The molecule has 10 heteroatoms. The average Bonchev–Trinajstić information content (AvgIpc) is 3.20. The van der Waals surface area contributed by atoms with Crippen molar-refractivity contribution in [1.29, 1.82) is 0 Å². The Balaban J connectivity index is 1.89. The highest BCUT2D eigenvalue weighted by molar-refractivity contribution is 7.15. The summed E-state index contributed by atoms with van der Waals surface area (Å²) in [5.74, 6) is -0.198. The third kappa shape index (κ3) is 3.10. The van der Waals surface area contributed by atoms with Gasteiger partial charge in [0.25, 0.3) is 5.56 Å². The molecule has 0 amide bonds. The van der Waals surface area contributed by atoms with Crippen LogP contribution in [0.4, 0.5) is 13.2 Å². The molecular weight excluding hydrogens is 403 g/mol. The van der Waals surface area contributed by atoms with Crippen LogP contribution in [0.2, 0.25) is 4.47 Å². The summed E-state index contributed by atoms with van der Waals surface area (Å²) in [6.07, 6.45) is -1.98. The van der Waals surface area contributed by atoms with Crippen LogP contribution in [0.25, 0.3) is 11.1 Å². The number of hydrogen-bond acceptors (Lipinski definition) is 5. The summed E-state index contributed by atoms with van der Waals surface area (Å²) in [7, 11) is 0. The van der Waals surface area contributed by atoms with Crippen molar-refractivity contribution in [3.63, 3.8) is 0 Å². The average molecular weight is 414 g/mol. The summed E-state index contributed by atoms with van der Waals surface area (Å²) in [4.78, 5) is 21.8. The van der Waals surface area contributed by atoms with Gasteiger partial charge in [0.15, 0.2) is 4.47 Å². The van der Waals surface area contributed by atoms with Crippen LogP contribution < -0.4 is 5.56 Å². The van der Waals surface area contributed by atoms with Gasteiger partial charge in [0.2, 0.25) is 5.88 Å². The standard InChI is InChI=1S/C17H11ClF3N3O2S/c18-16-22-7-11(27-16)10-4-5-12-23-14(25)13(15(26)24(10)12)8-2-1-3-9(6-8)17(19,20)21/h1-3,6-7,10,25H,4-5H2/t10-/m0/s1. The molecule has 4 rings (SSSR count). The van der Waals surface area contributed by atoms with Crippen LogP contribution in [0, 0.1) is 0 Å². The maximum atomic E-state index is 13.1. The highest BCUT2D eigenvalue weighted by Gasteiger charge is 2.33. The smallest absolute Gasteiger partial charge is 0.416 e. The highest BCUT2D eigenvalue weighted by Crippen LogP contribution is 2.37. The Morgan fingerprint density at radius 2 is 2.11 bits per heavy atom. The van der Waals surface area contributed by atoms with E-state index in [1.807, 2.05) is 0 Å². The van der Waals surface area contributed by atoms with Gasteiger partial charge in [-0.2, -0.15) is 18.2 Å². The number of thiazole rings is 1. The van der Waals surface area contributed by atoms with Crippen LogP contribution in [0.3, 0.4) is 0 Å². The molecule has 1 aliphatic rings. The largest absolute Gasteiger partial charge is 0.493 e. The lowest BCUT2D eigenvalue weighted by atomic mass is 10.0.